The molecule has 28 heavy (non-hydrogen) atoms. The van der Waals surface area contributed by atoms with Crippen molar-refractivity contribution in [1.82, 2.24) is 4.98 Å². The number of carbonyl (C=O) groups is 1. The highest BCUT2D eigenvalue weighted by molar-refractivity contribution is 7.21. The van der Waals surface area contributed by atoms with Gasteiger partial charge in [0, 0.05) is 16.8 Å². The fourth-order valence-corrected chi connectivity index (χ4v) is 3.78. The summed E-state index contributed by atoms with van der Waals surface area (Å²) in [4.78, 5) is 16.6. The highest BCUT2D eigenvalue weighted by Crippen LogP contribution is 2.36. The molecule has 7 heteroatoms. The molecule has 0 aliphatic heterocycles. The molecule has 1 heterocycles. The number of anilines is 1. The maximum atomic E-state index is 12.1. The SMILES string of the molecule is O=C(COc1ccc(Cl)cc1)Nc1ccc(-c2nc3ccccc3s2)c(O)c1. The summed E-state index contributed by atoms with van der Waals surface area (Å²) in [6, 6.07) is 19.5. The van der Waals surface area contributed by atoms with Crippen LogP contribution in [0, 0.1) is 0 Å². The zero-order valence-electron chi connectivity index (χ0n) is 14.6. The van der Waals surface area contributed by atoms with Crippen LogP contribution in [0.2, 0.25) is 5.02 Å². The van der Waals surface area contributed by atoms with Gasteiger partial charge in [0.05, 0.1) is 15.8 Å². The van der Waals surface area contributed by atoms with Gasteiger partial charge in [-0.1, -0.05) is 23.7 Å². The number of fused-ring (bicyclic) bond motifs is 1. The molecule has 0 radical (unpaired) electrons. The van der Waals surface area contributed by atoms with Crippen LogP contribution in [-0.2, 0) is 4.79 Å². The number of hydrogen-bond acceptors (Lipinski definition) is 5. The van der Waals surface area contributed by atoms with Gasteiger partial charge < -0.3 is 15.2 Å². The predicted molar refractivity (Wildman–Crippen MR) is 112 cm³/mol. The van der Waals surface area contributed by atoms with Crippen molar-refractivity contribution >= 4 is 44.7 Å². The van der Waals surface area contributed by atoms with Crippen LogP contribution in [0.1, 0.15) is 0 Å². The predicted octanol–water partition coefficient (Wildman–Crippen LogP) is 5.34. The lowest BCUT2D eigenvalue weighted by Crippen LogP contribution is -2.20. The maximum absolute atomic E-state index is 12.1. The van der Waals surface area contributed by atoms with Crippen LogP contribution in [0.4, 0.5) is 5.69 Å². The number of carbonyl (C=O) groups excluding carboxylic acids is 1. The van der Waals surface area contributed by atoms with Crippen molar-refractivity contribution in [1.29, 1.82) is 0 Å². The molecule has 0 spiro atoms. The average Bonchev–Trinajstić information content (AvgIpc) is 3.11. The number of amides is 1. The van der Waals surface area contributed by atoms with E-state index in [1.165, 1.54) is 17.4 Å². The van der Waals surface area contributed by atoms with Crippen molar-refractivity contribution in [2.45, 2.75) is 0 Å². The molecule has 0 aliphatic rings. The van der Waals surface area contributed by atoms with Crippen LogP contribution in [0.3, 0.4) is 0 Å². The van der Waals surface area contributed by atoms with Crippen molar-refractivity contribution in [3.63, 3.8) is 0 Å². The molecule has 0 fully saturated rings. The molecule has 2 N–H and O–H groups in total. The van der Waals surface area contributed by atoms with Crippen molar-refractivity contribution in [3.05, 3.63) is 71.8 Å². The number of aromatic nitrogens is 1. The van der Waals surface area contributed by atoms with Crippen LogP contribution in [0.15, 0.2) is 66.7 Å². The first-order valence-electron chi connectivity index (χ1n) is 8.46. The summed E-state index contributed by atoms with van der Waals surface area (Å²) >= 11 is 7.32. The van der Waals surface area contributed by atoms with Gasteiger partial charge in [-0.05, 0) is 48.5 Å². The molecule has 0 unspecified atom stereocenters. The first kappa shape index (κ1) is 18.3. The Morgan fingerprint density at radius 2 is 1.89 bits per heavy atom. The highest BCUT2D eigenvalue weighted by Gasteiger charge is 2.12. The van der Waals surface area contributed by atoms with Gasteiger partial charge in [-0.25, -0.2) is 4.98 Å². The van der Waals surface area contributed by atoms with E-state index in [0.717, 1.165) is 15.2 Å². The molecule has 140 valence electrons. The average molecular weight is 411 g/mol. The van der Waals surface area contributed by atoms with E-state index in [2.05, 4.69) is 10.3 Å². The summed E-state index contributed by atoms with van der Waals surface area (Å²) in [5.41, 5.74) is 1.99. The van der Waals surface area contributed by atoms with Crippen LogP contribution >= 0.6 is 22.9 Å². The number of hydrogen-bond donors (Lipinski definition) is 2. The number of phenolic OH excluding ortho intramolecular Hbond substituents is 1. The molecule has 4 aromatic rings. The van der Waals surface area contributed by atoms with Gasteiger partial charge >= 0.3 is 0 Å². The van der Waals surface area contributed by atoms with E-state index in [9.17, 15) is 9.90 Å². The third-order valence-corrected chi connectivity index (χ3v) is 5.31. The van der Waals surface area contributed by atoms with E-state index < -0.39 is 0 Å². The molecule has 3 aromatic carbocycles. The van der Waals surface area contributed by atoms with E-state index in [0.29, 0.717) is 22.0 Å². The normalized spacial score (nSPS) is 10.8. The number of ether oxygens (including phenoxy) is 1. The monoisotopic (exact) mass is 410 g/mol. The van der Waals surface area contributed by atoms with Gasteiger partial charge in [-0.2, -0.15) is 0 Å². The number of benzene rings is 3. The number of para-hydroxylation sites is 1. The minimum absolute atomic E-state index is 0.0514. The Hall–Kier alpha value is -3.09. The second-order valence-corrected chi connectivity index (χ2v) is 7.48. The lowest BCUT2D eigenvalue weighted by Gasteiger charge is -2.09. The number of nitrogens with one attached hydrogen (secondary N) is 1. The molecule has 1 aromatic heterocycles. The lowest BCUT2D eigenvalue weighted by atomic mass is 10.2. The summed E-state index contributed by atoms with van der Waals surface area (Å²) in [5, 5.41) is 14.4. The third kappa shape index (κ3) is 4.08. The molecule has 0 atom stereocenters. The van der Waals surface area contributed by atoms with Gasteiger partial charge in [-0.3, -0.25) is 4.79 Å². The van der Waals surface area contributed by atoms with Crippen molar-refractivity contribution in [2.75, 3.05) is 11.9 Å². The molecular formula is C21H15ClN2O3S. The summed E-state index contributed by atoms with van der Waals surface area (Å²) in [6.07, 6.45) is 0. The third-order valence-electron chi connectivity index (χ3n) is 3.99. The number of phenols is 1. The van der Waals surface area contributed by atoms with E-state index in [-0.39, 0.29) is 18.3 Å². The first-order valence-corrected chi connectivity index (χ1v) is 9.65. The molecule has 0 saturated carbocycles. The first-order chi connectivity index (χ1) is 13.6. The summed E-state index contributed by atoms with van der Waals surface area (Å²) in [6.45, 7) is -0.151. The zero-order chi connectivity index (χ0) is 19.5. The molecule has 5 nitrogen and oxygen atoms in total. The Labute approximate surface area is 170 Å². The van der Waals surface area contributed by atoms with Gasteiger partial charge in [0.1, 0.15) is 16.5 Å². The van der Waals surface area contributed by atoms with Crippen LogP contribution in [-0.4, -0.2) is 22.6 Å². The number of aromatic hydroxyl groups is 1. The second-order valence-electron chi connectivity index (χ2n) is 6.01. The number of halogens is 1. The Kier molecular flexibility index (Phi) is 5.14. The Morgan fingerprint density at radius 3 is 2.64 bits per heavy atom. The summed E-state index contributed by atoms with van der Waals surface area (Å²) < 4.78 is 6.46. The fourth-order valence-electron chi connectivity index (χ4n) is 2.65. The zero-order valence-corrected chi connectivity index (χ0v) is 16.1. The van der Waals surface area contributed by atoms with E-state index in [4.69, 9.17) is 16.3 Å². The van der Waals surface area contributed by atoms with E-state index in [1.807, 2.05) is 24.3 Å². The number of nitrogens with zero attached hydrogens (tertiary/aromatic N) is 1. The summed E-state index contributed by atoms with van der Waals surface area (Å²) in [5.74, 6) is 0.270. The van der Waals surface area contributed by atoms with Gasteiger partial charge in [0.2, 0.25) is 0 Å². The van der Waals surface area contributed by atoms with Gasteiger partial charge in [-0.15, -0.1) is 11.3 Å². The number of rotatable bonds is 5. The largest absolute Gasteiger partial charge is 0.507 e. The molecule has 0 aliphatic carbocycles. The standard InChI is InChI=1S/C21H15ClN2O3S/c22-13-5-8-15(9-6-13)27-12-20(26)23-14-7-10-16(18(25)11-14)21-24-17-3-1-2-4-19(17)28-21/h1-11,25H,12H2,(H,23,26). The second kappa shape index (κ2) is 7.88. The minimum Gasteiger partial charge on any atom is -0.507 e. The van der Waals surface area contributed by atoms with Crippen molar-refractivity contribution in [2.24, 2.45) is 0 Å². The Balaban J connectivity index is 1.43. The molecular weight excluding hydrogens is 396 g/mol. The van der Waals surface area contributed by atoms with Gasteiger partial charge in [0.25, 0.3) is 5.91 Å². The van der Waals surface area contributed by atoms with Crippen LogP contribution < -0.4 is 10.1 Å². The van der Waals surface area contributed by atoms with E-state index in [1.54, 1.807) is 36.4 Å². The Morgan fingerprint density at radius 1 is 1.11 bits per heavy atom. The number of thiazole rings is 1. The molecule has 0 saturated heterocycles. The minimum atomic E-state index is -0.331. The molecule has 4 rings (SSSR count). The Bertz CT molecular complexity index is 1110. The maximum Gasteiger partial charge on any atom is 0.262 e. The summed E-state index contributed by atoms with van der Waals surface area (Å²) in [7, 11) is 0. The lowest BCUT2D eigenvalue weighted by molar-refractivity contribution is -0.118. The van der Waals surface area contributed by atoms with Crippen molar-refractivity contribution in [3.8, 4) is 22.1 Å². The van der Waals surface area contributed by atoms with E-state index >= 15 is 0 Å². The van der Waals surface area contributed by atoms with Crippen LogP contribution in [0.25, 0.3) is 20.8 Å². The molecule has 0 bridgehead atoms. The smallest absolute Gasteiger partial charge is 0.262 e. The topological polar surface area (TPSA) is 71.5 Å². The van der Waals surface area contributed by atoms with Gasteiger partial charge in [0.15, 0.2) is 6.61 Å². The van der Waals surface area contributed by atoms with Crippen molar-refractivity contribution < 1.29 is 14.6 Å². The fraction of sp³-hybridized carbons (Fsp3) is 0.0476. The highest BCUT2D eigenvalue weighted by atomic mass is 35.5. The molecule has 1 amide bonds. The quantitative estimate of drug-likeness (QED) is 0.466. The van der Waals surface area contributed by atoms with Crippen LogP contribution in [0.5, 0.6) is 11.5 Å².